The van der Waals surface area contributed by atoms with E-state index in [1.807, 2.05) is 6.07 Å². The minimum Gasteiger partial charge on any atom is -0.423 e. The van der Waals surface area contributed by atoms with Gasteiger partial charge in [0.15, 0.2) is 0 Å². The Kier molecular flexibility index (Phi) is 4.00. The van der Waals surface area contributed by atoms with Gasteiger partial charge in [0, 0.05) is 4.78 Å². The molecule has 6 heteroatoms. The quantitative estimate of drug-likeness (QED) is 0.781. The lowest BCUT2D eigenvalue weighted by Gasteiger charge is -2.38. The summed E-state index contributed by atoms with van der Waals surface area (Å²) in [7, 11) is -1.14. The molecule has 17 heavy (non-hydrogen) atoms. The summed E-state index contributed by atoms with van der Waals surface area (Å²) >= 11 is 1.17. The Hall–Kier alpha value is -0.865. The fraction of sp³-hybridized carbons (Fsp3) is 0.545. The molecule has 0 aromatic carbocycles. The minimum absolute atomic E-state index is 0.517. The van der Waals surface area contributed by atoms with Crippen LogP contribution in [0.2, 0.25) is 0 Å². The zero-order valence-electron chi connectivity index (χ0n) is 10.4. The van der Waals surface area contributed by atoms with Crippen LogP contribution < -0.4 is 4.78 Å². The first-order chi connectivity index (χ1) is 7.67. The van der Waals surface area contributed by atoms with Crippen molar-refractivity contribution in [1.82, 2.24) is 0 Å². The van der Waals surface area contributed by atoms with Gasteiger partial charge < -0.3 is 14.8 Å². The molecule has 0 aliphatic carbocycles. The molecule has 0 aliphatic heterocycles. The van der Waals surface area contributed by atoms with Gasteiger partial charge in [0.1, 0.15) is 10.9 Å². The molecule has 0 fully saturated rings. The van der Waals surface area contributed by atoms with E-state index in [1.54, 1.807) is 39.8 Å². The van der Waals surface area contributed by atoms with Crippen molar-refractivity contribution in [2.75, 3.05) is 0 Å². The number of thiophene rings is 1. The summed E-state index contributed by atoms with van der Waals surface area (Å²) in [6.07, 6.45) is 0. The van der Waals surface area contributed by atoms with Crippen LogP contribution >= 0.6 is 11.3 Å². The van der Waals surface area contributed by atoms with Crippen LogP contribution in [0.5, 0.6) is 0 Å². The normalized spacial score (nSPS) is 12.3. The maximum Gasteiger partial charge on any atom is 0.502 e. The van der Waals surface area contributed by atoms with Gasteiger partial charge in [0.25, 0.3) is 0 Å². The molecule has 4 nitrogen and oxygen atoms in total. The van der Waals surface area contributed by atoms with Crippen molar-refractivity contribution < 1.29 is 14.8 Å². The number of aliphatic hydroxyl groups is 1. The number of nitriles is 1. The molecule has 1 rings (SSSR count). The van der Waals surface area contributed by atoms with Crippen molar-refractivity contribution >= 4 is 23.2 Å². The average molecular weight is 253 g/mol. The van der Waals surface area contributed by atoms with E-state index in [1.165, 1.54) is 11.3 Å². The zero-order valence-corrected chi connectivity index (χ0v) is 11.2. The molecule has 2 N–H and O–H groups in total. The van der Waals surface area contributed by atoms with Crippen LogP contribution in [-0.4, -0.2) is 28.5 Å². The molecule has 0 amide bonds. The van der Waals surface area contributed by atoms with E-state index in [2.05, 4.69) is 0 Å². The van der Waals surface area contributed by atoms with Crippen molar-refractivity contribution in [2.45, 2.75) is 38.9 Å². The van der Waals surface area contributed by atoms with E-state index in [-0.39, 0.29) is 0 Å². The molecule has 0 aliphatic rings. The van der Waals surface area contributed by atoms with E-state index in [4.69, 9.17) is 9.92 Å². The SMILES string of the molecule is CC(C)(O)C(C)(C)OB(O)c1ccc(C#N)s1. The maximum absolute atomic E-state index is 9.91. The van der Waals surface area contributed by atoms with E-state index in [9.17, 15) is 10.1 Å². The van der Waals surface area contributed by atoms with Crippen LogP contribution in [0.4, 0.5) is 0 Å². The Morgan fingerprint density at radius 1 is 1.35 bits per heavy atom. The largest absolute Gasteiger partial charge is 0.502 e. The lowest BCUT2D eigenvalue weighted by atomic mass is 9.82. The molecular formula is C11H16BNO3S. The standard InChI is InChI=1S/C11H16BNO3S/c1-10(2,14)11(3,4)16-12(15)9-6-5-8(7-13)17-9/h5-6,14-15H,1-4H3. The third kappa shape index (κ3) is 3.30. The summed E-state index contributed by atoms with van der Waals surface area (Å²) < 4.78 is 6.01. The fourth-order valence-electron chi connectivity index (χ4n) is 1.03. The number of hydrogen-bond donors (Lipinski definition) is 2. The molecule has 1 heterocycles. The Bertz CT molecular complexity index is 431. The molecule has 92 valence electrons. The lowest BCUT2D eigenvalue weighted by Crippen LogP contribution is -2.52. The highest BCUT2D eigenvalue weighted by Crippen LogP contribution is 2.25. The monoisotopic (exact) mass is 253 g/mol. The van der Waals surface area contributed by atoms with Crippen LogP contribution in [0.15, 0.2) is 12.1 Å². The minimum atomic E-state index is -1.14. The van der Waals surface area contributed by atoms with Gasteiger partial charge in [0.05, 0.1) is 11.2 Å². The second-order valence-corrected chi connectivity index (χ2v) is 5.97. The molecule has 1 aromatic heterocycles. The van der Waals surface area contributed by atoms with Gasteiger partial charge >= 0.3 is 7.12 Å². The highest BCUT2D eigenvalue weighted by molar-refractivity contribution is 7.22. The van der Waals surface area contributed by atoms with Crippen molar-refractivity contribution in [3.63, 3.8) is 0 Å². The number of nitrogens with zero attached hydrogens (tertiary/aromatic N) is 1. The van der Waals surface area contributed by atoms with Crippen LogP contribution in [-0.2, 0) is 4.65 Å². The summed E-state index contributed by atoms with van der Waals surface area (Å²) in [5.74, 6) is 0. The van der Waals surface area contributed by atoms with Crippen molar-refractivity contribution in [3.8, 4) is 6.07 Å². The third-order valence-corrected chi connectivity index (χ3v) is 3.88. The second-order valence-electron chi connectivity index (χ2n) is 4.85. The van der Waals surface area contributed by atoms with E-state index >= 15 is 0 Å². The van der Waals surface area contributed by atoms with E-state index < -0.39 is 18.3 Å². The highest BCUT2D eigenvalue weighted by atomic mass is 32.1. The van der Waals surface area contributed by atoms with Crippen molar-refractivity contribution in [2.24, 2.45) is 0 Å². The third-order valence-electron chi connectivity index (χ3n) is 2.86. The maximum atomic E-state index is 9.91. The summed E-state index contributed by atoms with van der Waals surface area (Å²) in [5, 5.41) is 28.5. The summed E-state index contributed by atoms with van der Waals surface area (Å²) in [6.45, 7) is 6.65. The number of rotatable bonds is 4. The van der Waals surface area contributed by atoms with E-state index in [0.717, 1.165) is 0 Å². The molecule has 0 radical (unpaired) electrons. The molecule has 0 unspecified atom stereocenters. The van der Waals surface area contributed by atoms with E-state index in [0.29, 0.717) is 9.65 Å². The Morgan fingerprint density at radius 3 is 2.35 bits per heavy atom. The van der Waals surface area contributed by atoms with Crippen molar-refractivity contribution in [1.29, 1.82) is 5.26 Å². The van der Waals surface area contributed by atoms with Crippen LogP contribution in [0, 0.1) is 11.3 Å². The van der Waals surface area contributed by atoms with Crippen LogP contribution in [0.1, 0.15) is 32.6 Å². The molecule has 0 saturated carbocycles. The fourth-order valence-corrected chi connectivity index (χ4v) is 1.75. The van der Waals surface area contributed by atoms with Gasteiger partial charge in [-0.05, 0) is 33.8 Å². The van der Waals surface area contributed by atoms with Gasteiger partial charge in [-0.2, -0.15) is 5.26 Å². The Balaban J connectivity index is 2.80. The molecule has 1 aromatic rings. The first-order valence-corrected chi connectivity index (χ1v) is 6.07. The second kappa shape index (κ2) is 4.79. The zero-order chi connectivity index (χ0) is 13.3. The first kappa shape index (κ1) is 14.2. The lowest BCUT2D eigenvalue weighted by molar-refractivity contribution is -0.0981. The van der Waals surface area contributed by atoms with Gasteiger partial charge in [-0.3, -0.25) is 0 Å². The summed E-state index contributed by atoms with van der Waals surface area (Å²) in [4.78, 5) is 0.517. The van der Waals surface area contributed by atoms with Gasteiger partial charge in [0.2, 0.25) is 0 Å². The number of hydrogen-bond acceptors (Lipinski definition) is 5. The van der Waals surface area contributed by atoms with Crippen LogP contribution in [0.25, 0.3) is 0 Å². The van der Waals surface area contributed by atoms with Crippen molar-refractivity contribution in [3.05, 3.63) is 17.0 Å². The summed E-state index contributed by atoms with van der Waals surface area (Å²) in [6, 6.07) is 5.27. The molecule has 0 saturated heterocycles. The molecular weight excluding hydrogens is 237 g/mol. The smallest absolute Gasteiger partial charge is 0.423 e. The van der Waals surface area contributed by atoms with Crippen LogP contribution in [0.3, 0.4) is 0 Å². The Labute approximate surface area is 106 Å². The molecule has 0 bridgehead atoms. The van der Waals surface area contributed by atoms with Gasteiger partial charge in [-0.25, -0.2) is 0 Å². The topological polar surface area (TPSA) is 73.5 Å². The highest BCUT2D eigenvalue weighted by Gasteiger charge is 2.39. The predicted octanol–water partition coefficient (Wildman–Crippen LogP) is 0.873. The first-order valence-electron chi connectivity index (χ1n) is 5.25. The average Bonchev–Trinajstić information content (AvgIpc) is 2.63. The van der Waals surface area contributed by atoms with Gasteiger partial charge in [-0.15, -0.1) is 11.3 Å². The molecule has 0 atom stereocenters. The molecule has 0 spiro atoms. The summed E-state index contributed by atoms with van der Waals surface area (Å²) in [5.41, 5.74) is -1.98. The Morgan fingerprint density at radius 2 is 1.94 bits per heavy atom. The predicted molar refractivity (Wildman–Crippen MR) is 68.1 cm³/mol. The van der Waals surface area contributed by atoms with Gasteiger partial charge in [-0.1, -0.05) is 6.07 Å².